The molecule has 1 amide bonds. The van der Waals surface area contributed by atoms with Crippen LogP contribution in [0.1, 0.15) is 10.6 Å². The molecule has 0 aliphatic rings. The third-order valence-electron chi connectivity index (χ3n) is 3.56. The van der Waals surface area contributed by atoms with Crippen molar-refractivity contribution in [3.8, 4) is 17.0 Å². The maximum Gasteiger partial charge on any atom is 0.258 e. The van der Waals surface area contributed by atoms with Crippen molar-refractivity contribution >= 4 is 28.8 Å². The lowest BCUT2D eigenvalue weighted by atomic mass is 10.2. The van der Waals surface area contributed by atoms with Gasteiger partial charge >= 0.3 is 0 Å². The van der Waals surface area contributed by atoms with E-state index in [9.17, 15) is 4.79 Å². The number of thiazole rings is 1. The van der Waals surface area contributed by atoms with Crippen LogP contribution in [0.15, 0.2) is 53.9 Å². The van der Waals surface area contributed by atoms with E-state index < -0.39 is 0 Å². The van der Waals surface area contributed by atoms with Crippen LogP contribution in [0.5, 0.6) is 5.75 Å². The van der Waals surface area contributed by atoms with E-state index in [2.05, 4.69) is 10.3 Å². The Bertz CT molecular complexity index is 865. The molecule has 0 radical (unpaired) electrons. The summed E-state index contributed by atoms with van der Waals surface area (Å²) in [6.45, 7) is 2.24. The molecule has 25 heavy (non-hydrogen) atoms. The van der Waals surface area contributed by atoms with Gasteiger partial charge in [-0.25, -0.2) is 4.98 Å². The van der Waals surface area contributed by atoms with Crippen molar-refractivity contribution in [3.63, 3.8) is 0 Å². The van der Waals surface area contributed by atoms with Gasteiger partial charge in [0.2, 0.25) is 0 Å². The third-order valence-corrected chi connectivity index (χ3v) is 4.83. The Hall–Kier alpha value is -2.37. The average molecular weight is 373 g/mol. The average Bonchev–Trinajstić information content (AvgIpc) is 3.11. The van der Waals surface area contributed by atoms with Crippen molar-refractivity contribution < 1.29 is 9.53 Å². The Morgan fingerprint density at radius 2 is 2.04 bits per heavy atom. The monoisotopic (exact) mass is 372 g/mol. The SMILES string of the molecule is Cc1cc(OCC(=O)NCc2nc(-c3ccccc3)cs2)ccc1Cl. The van der Waals surface area contributed by atoms with E-state index in [0.717, 1.165) is 21.8 Å². The highest BCUT2D eigenvalue weighted by Gasteiger charge is 2.07. The lowest BCUT2D eigenvalue weighted by molar-refractivity contribution is -0.123. The van der Waals surface area contributed by atoms with Crippen molar-refractivity contribution in [2.45, 2.75) is 13.5 Å². The van der Waals surface area contributed by atoms with E-state index in [0.29, 0.717) is 17.3 Å². The second-order valence-electron chi connectivity index (χ2n) is 5.47. The summed E-state index contributed by atoms with van der Waals surface area (Å²) in [6.07, 6.45) is 0. The zero-order chi connectivity index (χ0) is 17.6. The van der Waals surface area contributed by atoms with Crippen molar-refractivity contribution in [1.29, 1.82) is 0 Å². The minimum Gasteiger partial charge on any atom is -0.484 e. The van der Waals surface area contributed by atoms with Gasteiger partial charge < -0.3 is 10.1 Å². The van der Waals surface area contributed by atoms with Gasteiger partial charge in [-0.05, 0) is 30.7 Å². The van der Waals surface area contributed by atoms with Gasteiger partial charge in [0, 0.05) is 16.0 Å². The largest absolute Gasteiger partial charge is 0.484 e. The fraction of sp³-hybridized carbons (Fsp3) is 0.158. The number of benzene rings is 2. The maximum absolute atomic E-state index is 11.9. The number of rotatable bonds is 6. The number of carbonyl (C=O) groups excluding carboxylic acids is 1. The minimum absolute atomic E-state index is 0.0437. The number of aryl methyl sites for hydroxylation is 1. The van der Waals surface area contributed by atoms with Gasteiger partial charge in [-0.3, -0.25) is 4.79 Å². The minimum atomic E-state index is -0.191. The molecule has 0 unspecified atom stereocenters. The number of hydrogen-bond donors (Lipinski definition) is 1. The van der Waals surface area contributed by atoms with Crippen molar-refractivity contribution in [2.24, 2.45) is 0 Å². The zero-order valence-corrected chi connectivity index (χ0v) is 15.2. The van der Waals surface area contributed by atoms with E-state index in [1.165, 1.54) is 11.3 Å². The number of ether oxygens (including phenoxy) is 1. The molecule has 0 fully saturated rings. The van der Waals surface area contributed by atoms with Crippen molar-refractivity contribution in [3.05, 3.63) is 69.5 Å². The van der Waals surface area contributed by atoms with Gasteiger partial charge in [0.25, 0.3) is 5.91 Å². The Balaban J connectivity index is 1.49. The first-order valence-corrected chi connectivity index (χ1v) is 9.03. The lowest BCUT2D eigenvalue weighted by Crippen LogP contribution is -2.28. The molecule has 128 valence electrons. The summed E-state index contributed by atoms with van der Waals surface area (Å²) in [5.41, 5.74) is 2.90. The van der Waals surface area contributed by atoms with Crippen LogP contribution < -0.4 is 10.1 Å². The van der Waals surface area contributed by atoms with Crippen LogP contribution in [-0.2, 0) is 11.3 Å². The van der Waals surface area contributed by atoms with Crippen LogP contribution in [0, 0.1) is 6.92 Å². The van der Waals surface area contributed by atoms with E-state index >= 15 is 0 Å². The highest BCUT2D eigenvalue weighted by atomic mass is 35.5. The van der Waals surface area contributed by atoms with Gasteiger partial charge in [0.05, 0.1) is 12.2 Å². The number of aromatic nitrogens is 1. The number of carbonyl (C=O) groups is 1. The van der Waals surface area contributed by atoms with E-state index in [1.54, 1.807) is 12.1 Å². The molecule has 0 bridgehead atoms. The van der Waals surface area contributed by atoms with E-state index in [4.69, 9.17) is 16.3 Å². The Morgan fingerprint density at radius 3 is 2.80 bits per heavy atom. The molecule has 1 aromatic heterocycles. The van der Waals surface area contributed by atoms with Gasteiger partial charge in [0.1, 0.15) is 10.8 Å². The molecule has 0 atom stereocenters. The Kier molecular flexibility index (Phi) is 5.68. The normalized spacial score (nSPS) is 10.5. The van der Waals surface area contributed by atoms with Crippen LogP contribution in [0.3, 0.4) is 0 Å². The van der Waals surface area contributed by atoms with Crippen molar-refractivity contribution in [2.75, 3.05) is 6.61 Å². The topological polar surface area (TPSA) is 51.2 Å². The van der Waals surface area contributed by atoms with Crippen LogP contribution in [-0.4, -0.2) is 17.5 Å². The van der Waals surface area contributed by atoms with Gasteiger partial charge in [-0.1, -0.05) is 41.9 Å². The number of nitrogens with one attached hydrogen (secondary N) is 1. The molecule has 4 nitrogen and oxygen atoms in total. The highest BCUT2D eigenvalue weighted by molar-refractivity contribution is 7.09. The summed E-state index contributed by atoms with van der Waals surface area (Å²) >= 11 is 7.49. The molecule has 0 saturated carbocycles. The molecule has 0 aliphatic carbocycles. The fourth-order valence-electron chi connectivity index (χ4n) is 2.21. The second kappa shape index (κ2) is 8.14. The van der Waals surface area contributed by atoms with Crippen LogP contribution >= 0.6 is 22.9 Å². The molecule has 0 saturated heterocycles. The number of hydrogen-bond acceptors (Lipinski definition) is 4. The molecule has 1 N–H and O–H groups in total. The summed E-state index contributed by atoms with van der Waals surface area (Å²) in [5.74, 6) is 0.432. The molecular formula is C19H17ClN2O2S. The highest BCUT2D eigenvalue weighted by Crippen LogP contribution is 2.22. The maximum atomic E-state index is 11.9. The predicted octanol–water partition coefficient (Wildman–Crippen LogP) is 4.47. The predicted molar refractivity (Wildman–Crippen MR) is 101 cm³/mol. The summed E-state index contributed by atoms with van der Waals surface area (Å²) in [7, 11) is 0. The second-order valence-corrected chi connectivity index (χ2v) is 6.82. The van der Waals surface area contributed by atoms with Gasteiger partial charge in [-0.15, -0.1) is 11.3 Å². The first-order valence-electron chi connectivity index (χ1n) is 7.77. The number of amides is 1. The summed E-state index contributed by atoms with van der Waals surface area (Å²) in [5, 5.41) is 6.34. The molecule has 0 spiro atoms. The van der Waals surface area contributed by atoms with Crippen LogP contribution in [0.4, 0.5) is 0 Å². The Labute approximate surface area is 155 Å². The third kappa shape index (κ3) is 4.81. The molecule has 2 aromatic carbocycles. The van der Waals surface area contributed by atoms with E-state index in [-0.39, 0.29) is 12.5 Å². The lowest BCUT2D eigenvalue weighted by Gasteiger charge is -2.08. The van der Waals surface area contributed by atoms with Crippen molar-refractivity contribution in [1.82, 2.24) is 10.3 Å². The van der Waals surface area contributed by atoms with E-state index in [1.807, 2.05) is 48.7 Å². The summed E-state index contributed by atoms with van der Waals surface area (Å²) in [4.78, 5) is 16.5. The van der Waals surface area contributed by atoms with Gasteiger partial charge in [-0.2, -0.15) is 0 Å². The summed E-state index contributed by atoms with van der Waals surface area (Å²) in [6, 6.07) is 15.3. The fourth-order valence-corrected chi connectivity index (χ4v) is 3.08. The quantitative estimate of drug-likeness (QED) is 0.694. The number of nitrogens with zero attached hydrogens (tertiary/aromatic N) is 1. The smallest absolute Gasteiger partial charge is 0.258 e. The molecular weight excluding hydrogens is 356 g/mol. The molecule has 3 rings (SSSR count). The molecule has 1 heterocycles. The first kappa shape index (κ1) is 17.5. The number of halogens is 1. The van der Waals surface area contributed by atoms with Crippen LogP contribution in [0.25, 0.3) is 11.3 Å². The molecule has 0 aliphatic heterocycles. The molecule has 6 heteroatoms. The Morgan fingerprint density at radius 1 is 1.24 bits per heavy atom. The zero-order valence-electron chi connectivity index (χ0n) is 13.7. The molecule has 3 aromatic rings. The van der Waals surface area contributed by atoms with Gasteiger partial charge in [0.15, 0.2) is 6.61 Å². The van der Waals surface area contributed by atoms with Crippen LogP contribution in [0.2, 0.25) is 5.02 Å². The standard InChI is InChI=1S/C19H17ClN2O2S/c1-13-9-15(7-8-16(13)20)24-11-18(23)21-10-19-22-17(12-25-19)14-5-3-2-4-6-14/h2-9,12H,10-11H2,1H3,(H,21,23). The first-order chi connectivity index (χ1) is 12.1. The summed E-state index contributed by atoms with van der Waals surface area (Å²) < 4.78 is 5.48.